The molecule has 0 radical (unpaired) electrons. The Kier molecular flexibility index (Phi) is 7.54. The highest BCUT2D eigenvalue weighted by molar-refractivity contribution is 5.83. The highest BCUT2D eigenvalue weighted by atomic mass is 15.2. The normalized spacial score (nSPS) is 15.4. The molecule has 1 aliphatic heterocycles. The maximum absolute atomic E-state index is 5.10. The second-order valence-corrected chi connectivity index (χ2v) is 13.5. The Labute approximate surface area is 308 Å². The molecule has 250 valence electrons. The van der Waals surface area contributed by atoms with E-state index in [4.69, 9.17) is 19.9 Å². The molecule has 6 aromatic carbocycles. The molecule has 2 aliphatic rings. The quantitative estimate of drug-likeness (QED) is 0.175. The lowest BCUT2D eigenvalue weighted by Crippen LogP contribution is -2.31. The van der Waals surface area contributed by atoms with Gasteiger partial charge in [0.05, 0.1) is 6.04 Å². The van der Waals surface area contributed by atoms with Crippen LogP contribution in [0.2, 0.25) is 0 Å². The second-order valence-electron chi connectivity index (χ2n) is 13.5. The lowest BCUT2D eigenvalue weighted by atomic mass is 9.81. The Balaban J connectivity index is 1.10. The van der Waals surface area contributed by atoms with Crippen LogP contribution in [0.15, 0.2) is 182 Å². The molecule has 5 nitrogen and oxygen atoms in total. The minimum atomic E-state index is 0.0607. The van der Waals surface area contributed by atoms with Crippen molar-refractivity contribution in [1.82, 2.24) is 19.9 Å². The van der Waals surface area contributed by atoms with E-state index in [1.165, 1.54) is 33.4 Å². The van der Waals surface area contributed by atoms with Crippen molar-refractivity contribution in [3.63, 3.8) is 0 Å². The van der Waals surface area contributed by atoms with Crippen molar-refractivity contribution < 1.29 is 0 Å². The number of hydrogen-bond donors (Lipinski definition) is 0. The van der Waals surface area contributed by atoms with E-state index in [-0.39, 0.29) is 12.0 Å². The molecule has 8 aromatic rings. The summed E-state index contributed by atoms with van der Waals surface area (Å²) in [4.78, 5) is 22.6. The van der Waals surface area contributed by atoms with Gasteiger partial charge in [0.1, 0.15) is 5.82 Å². The van der Waals surface area contributed by atoms with Gasteiger partial charge in [0.25, 0.3) is 0 Å². The van der Waals surface area contributed by atoms with E-state index < -0.39 is 0 Å². The van der Waals surface area contributed by atoms with Crippen LogP contribution in [0, 0.1) is 0 Å². The first kappa shape index (κ1) is 30.8. The van der Waals surface area contributed by atoms with Gasteiger partial charge in [-0.25, -0.2) is 19.9 Å². The van der Waals surface area contributed by atoms with Crippen LogP contribution >= 0.6 is 0 Å². The van der Waals surface area contributed by atoms with E-state index in [1.807, 2.05) is 48.7 Å². The molecule has 0 N–H and O–H groups in total. The van der Waals surface area contributed by atoms with Gasteiger partial charge in [-0.1, -0.05) is 164 Å². The van der Waals surface area contributed by atoms with Crippen molar-refractivity contribution in [2.45, 2.75) is 12.0 Å². The molecule has 0 spiro atoms. The summed E-state index contributed by atoms with van der Waals surface area (Å²) in [6, 6.07) is 59.3. The van der Waals surface area contributed by atoms with Crippen LogP contribution in [0.4, 0.5) is 11.5 Å². The Morgan fingerprint density at radius 2 is 0.943 bits per heavy atom. The molecule has 1 aliphatic carbocycles. The van der Waals surface area contributed by atoms with Crippen molar-refractivity contribution >= 4 is 17.6 Å². The van der Waals surface area contributed by atoms with E-state index in [0.29, 0.717) is 17.5 Å². The molecular formula is C48H33N5. The maximum atomic E-state index is 5.10. The number of anilines is 2. The summed E-state index contributed by atoms with van der Waals surface area (Å²) in [5, 5.41) is 0. The SMILES string of the molecule is C1=CC2C(c3ccccc31)c1ccc(-c3ccccc3)cc1N2c1cc(-c2nc(-c3ccccc3)nc(-c3ccc(-c4ccccc4)cc3)n2)ccn1. The van der Waals surface area contributed by atoms with Crippen LogP contribution < -0.4 is 4.90 Å². The summed E-state index contributed by atoms with van der Waals surface area (Å²) in [6.07, 6.45) is 6.46. The molecule has 53 heavy (non-hydrogen) atoms. The van der Waals surface area contributed by atoms with E-state index in [2.05, 4.69) is 144 Å². The minimum absolute atomic E-state index is 0.0607. The van der Waals surface area contributed by atoms with Gasteiger partial charge in [-0.3, -0.25) is 0 Å². The first-order chi connectivity index (χ1) is 26.3. The van der Waals surface area contributed by atoms with Crippen molar-refractivity contribution in [3.8, 4) is 56.4 Å². The zero-order valence-electron chi connectivity index (χ0n) is 28.8. The maximum Gasteiger partial charge on any atom is 0.164 e. The average Bonchev–Trinajstić information content (AvgIpc) is 3.59. The van der Waals surface area contributed by atoms with Gasteiger partial charge < -0.3 is 4.90 Å². The molecule has 0 fully saturated rings. The lowest BCUT2D eigenvalue weighted by molar-refractivity contribution is 0.719. The second kappa shape index (κ2) is 13.0. The molecule has 0 amide bonds. The lowest BCUT2D eigenvalue weighted by Gasteiger charge is -2.31. The van der Waals surface area contributed by atoms with Crippen LogP contribution in [0.1, 0.15) is 22.6 Å². The predicted octanol–water partition coefficient (Wildman–Crippen LogP) is 11.3. The standard InChI is InChI=1S/C48H33N5/c1-4-12-32(13-5-1)34-20-22-37(23-21-34)47-50-46(36-17-8-3-9-18-36)51-48(52-47)39-28-29-49-44(31-39)53-42-27-25-35-16-10-11-19-40(35)45(42)41-26-24-38(30-43(41)53)33-14-6-2-7-15-33/h1-31,42,45H. The molecule has 2 aromatic heterocycles. The van der Waals surface area contributed by atoms with E-state index >= 15 is 0 Å². The first-order valence-electron chi connectivity index (χ1n) is 18.0. The molecule has 0 bridgehead atoms. The third kappa shape index (κ3) is 5.60. The number of aromatic nitrogens is 4. The third-order valence-electron chi connectivity index (χ3n) is 10.3. The van der Waals surface area contributed by atoms with Crippen molar-refractivity contribution in [2.75, 3.05) is 4.90 Å². The van der Waals surface area contributed by atoms with Crippen LogP contribution in [-0.2, 0) is 0 Å². The number of hydrogen-bond acceptors (Lipinski definition) is 5. The number of rotatable bonds is 6. The van der Waals surface area contributed by atoms with Gasteiger partial charge in [-0.05, 0) is 57.1 Å². The fourth-order valence-corrected chi connectivity index (χ4v) is 7.77. The first-order valence-corrected chi connectivity index (χ1v) is 18.0. The highest BCUT2D eigenvalue weighted by Gasteiger charge is 2.42. The zero-order chi connectivity index (χ0) is 35.1. The Morgan fingerprint density at radius 1 is 0.415 bits per heavy atom. The Morgan fingerprint density at radius 3 is 1.64 bits per heavy atom. The molecule has 3 heterocycles. The summed E-state index contributed by atoms with van der Waals surface area (Å²) < 4.78 is 0. The predicted molar refractivity (Wildman–Crippen MR) is 214 cm³/mol. The largest absolute Gasteiger partial charge is 0.318 e. The van der Waals surface area contributed by atoms with Gasteiger partial charge in [0.15, 0.2) is 17.5 Å². The van der Waals surface area contributed by atoms with Crippen molar-refractivity contribution in [3.05, 3.63) is 199 Å². The van der Waals surface area contributed by atoms with E-state index in [9.17, 15) is 0 Å². The van der Waals surface area contributed by atoms with Crippen LogP contribution in [-0.4, -0.2) is 26.0 Å². The van der Waals surface area contributed by atoms with Crippen LogP contribution in [0.25, 0.3) is 62.5 Å². The fourth-order valence-electron chi connectivity index (χ4n) is 7.77. The minimum Gasteiger partial charge on any atom is -0.318 e. The van der Waals surface area contributed by atoms with Gasteiger partial charge in [0, 0.05) is 34.5 Å². The van der Waals surface area contributed by atoms with Gasteiger partial charge in [-0.15, -0.1) is 0 Å². The van der Waals surface area contributed by atoms with E-state index in [1.54, 1.807) is 0 Å². The van der Waals surface area contributed by atoms with E-state index in [0.717, 1.165) is 33.8 Å². The summed E-state index contributed by atoms with van der Waals surface area (Å²) in [5.41, 5.74) is 12.5. The summed E-state index contributed by atoms with van der Waals surface area (Å²) >= 11 is 0. The van der Waals surface area contributed by atoms with Crippen LogP contribution in [0.5, 0.6) is 0 Å². The average molecular weight is 680 g/mol. The molecule has 5 heteroatoms. The van der Waals surface area contributed by atoms with Crippen LogP contribution in [0.3, 0.4) is 0 Å². The molecule has 0 saturated heterocycles. The Bertz CT molecular complexity index is 2620. The fraction of sp³-hybridized carbons (Fsp3) is 0.0417. The number of fused-ring (bicyclic) bond motifs is 5. The molecular weight excluding hydrogens is 647 g/mol. The highest BCUT2D eigenvalue weighted by Crippen LogP contribution is 2.52. The molecule has 10 rings (SSSR count). The number of nitrogens with zero attached hydrogens (tertiary/aromatic N) is 5. The Hall–Kier alpha value is -6.98. The summed E-state index contributed by atoms with van der Waals surface area (Å²) in [6.45, 7) is 0. The molecule has 2 atom stereocenters. The number of pyridine rings is 1. The number of benzene rings is 6. The van der Waals surface area contributed by atoms with Gasteiger partial charge in [0.2, 0.25) is 0 Å². The monoisotopic (exact) mass is 679 g/mol. The molecule has 0 saturated carbocycles. The van der Waals surface area contributed by atoms with Crippen molar-refractivity contribution in [2.24, 2.45) is 0 Å². The summed E-state index contributed by atoms with van der Waals surface area (Å²) in [7, 11) is 0. The van der Waals surface area contributed by atoms with Crippen molar-refractivity contribution in [1.29, 1.82) is 0 Å². The zero-order valence-corrected chi connectivity index (χ0v) is 28.8. The topological polar surface area (TPSA) is 54.8 Å². The van der Waals surface area contributed by atoms with Gasteiger partial charge >= 0.3 is 0 Å². The third-order valence-corrected chi connectivity index (χ3v) is 10.3. The van der Waals surface area contributed by atoms with Gasteiger partial charge in [-0.2, -0.15) is 0 Å². The smallest absolute Gasteiger partial charge is 0.164 e. The summed E-state index contributed by atoms with van der Waals surface area (Å²) in [5.74, 6) is 2.87. The molecule has 2 unspecified atom stereocenters.